The molecule has 0 aliphatic heterocycles. The number of carboxylic acid groups (broad SMARTS) is 1. The fraction of sp³-hybridized carbons (Fsp3) is 0.154. The molecule has 0 aliphatic carbocycles. The minimum absolute atomic E-state index is 0.327. The summed E-state index contributed by atoms with van der Waals surface area (Å²) < 4.78 is 2.03. The van der Waals surface area contributed by atoms with Gasteiger partial charge in [-0.25, -0.2) is 4.79 Å². The van der Waals surface area contributed by atoms with Crippen molar-refractivity contribution >= 4 is 16.9 Å². The van der Waals surface area contributed by atoms with Crippen LogP contribution in [0.3, 0.4) is 0 Å². The summed E-state index contributed by atoms with van der Waals surface area (Å²) in [6, 6.07) is 7.17. The highest BCUT2D eigenvalue weighted by atomic mass is 16.4. The number of carbonyl (C=O) groups is 1. The SMILES string of the molecule is CC=CCn1ccc2ccc(C(=O)O)cc21. The van der Waals surface area contributed by atoms with Crippen molar-refractivity contribution in [2.75, 3.05) is 0 Å². The fourth-order valence-electron chi connectivity index (χ4n) is 1.70. The Labute approximate surface area is 93.6 Å². The average Bonchev–Trinajstić information content (AvgIpc) is 2.68. The molecule has 0 radical (unpaired) electrons. The van der Waals surface area contributed by atoms with Crippen LogP contribution in [0, 0.1) is 0 Å². The summed E-state index contributed by atoms with van der Waals surface area (Å²) in [5, 5.41) is 9.99. The van der Waals surface area contributed by atoms with Gasteiger partial charge in [-0.05, 0) is 30.5 Å². The number of hydrogen-bond donors (Lipinski definition) is 1. The van der Waals surface area contributed by atoms with Gasteiger partial charge < -0.3 is 9.67 Å². The molecule has 0 saturated heterocycles. The molecule has 1 aromatic heterocycles. The second-order valence-electron chi connectivity index (χ2n) is 3.62. The summed E-state index contributed by atoms with van der Waals surface area (Å²) >= 11 is 0. The maximum absolute atomic E-state index is 10.9. The number of allylic oxidation sites excluding steroid dienone is 2. The molecule has 3 nitrogen and oxygen atoms in total. The average molecular weight is 215 g/mol. The highest BCUT2D eigenvalue weighted by Gasteiger charge is 2.05. The molecule has 2 rings (SSSR count). The van der Waals surface area contributed by atoms with E-state index in [1.165, 1.54) is 0 Å². The zero-order valence-electron chi connectivity index (χ0n) is 9.05. The number of aromatic nitrogens is 1. The van der Waals surface area contributed by atoms with Crippen molar-refractivity contribution in [1.29, 1.82) is 0 Å². The molecule has 0 amide bonds. The third-order valence-corrected chi connectivity index (χ3v) is 2.56. The van der Waals surface area contributed by atoms with Crippen LogP contribution < -0.4 is 0 Å². The van der Waals surface area contributed by atoms with E-state index in [9.17, 15) is 4.79 Å². The quantitative estimate of drug-likeness (QED) is 0.800. The first-order chi connectivity index (χ1) is 7.72. The Morgan fingerprint density at radius 2 is 2.25 bits per heavy atom. The lowest BCUT2D eigenvalue weighted by Crippen LogP contribution is -1.97. The molecule has 82 valence electrons. The highest BCUT2D eigenvalue weighted by Crippen LogP contribution is 2.17. The molecule has 2 aromatic rings. The van der Waals surface area contributed by atoms with Crippen molar-refractivity contribution in [2.45, 2.75) is 13.5 Å². The van der Waals surface area contributed by atoms with E-state index in [1.807, 2.05) is 42.0 Å². The smallest absolute Gasteiger partial charge is 0.335 e. The van der Waals surface area contributed by atoms with E-state index in [2.05, 4.69) is 0 Å². The van der Waals surface area contributed by atoms with E-state index < -0.39 is 5.97 Å². The number of hydrogen-bond acceptors (Lipinski definition) is 1. The van der Waals surface area contributed by atoms with Crippen molar-refractivity contribution in [2.24, 2.45) is 0 Å². The van der Waals surface area contributed by atoms with Crippen molar-refractivity contribution < 1.29 is 9.90 Å². The minimum Gasteiger partial charge on any atom is -0.478 e. The predicted octanol–water partition coefficient (Wildman–Crippen LogP) is 2.92. The molecule has 1 heterocycles. The lowest BCUT2D eigenvalue weighted by Gasteiger charge is -2.02. The molecule has 0 atom stereocenters. The maximum Gasteiger partial charge on any atom is 0.335 e. The van der Waals surface area contributed by atoms with Crippen LogP contribution in [0.5, 0.6) is 0 Å². The Bertz CT molecular complexity index is 552. The summed E-state index contributed by atoms with van der Waals surface area (Å²) in [5.74, 6) is -0.888. The zero-order valence-corrected chi connectivity index (χ0v) is 9.05. The standard InChI is InChI=1S/C13H13NO2/c1-2-3-7-14-8-6-10-4-5-11(13(15)16)9-12(10)14/h2-6,8-9H,7H2,1H3,(H,15,16). The molecule has 0 unspecified atom stereocenters. The first kappa shape index (κ1) is 10.5. The van der Waals surface area contributed by atoms with Crippen LogP contribution in [-0.2, 0) is 6.54 Å². The van der Waals surface area contributed by atoms with Crippen LogP contribution in [-0.4, -0.2) is 15.6 Å². The van der Waals surface area contributed by atoms with Gasteiger partial charge >= 0.3 is 5.97 Å². The molecule has 0 spiro atoms. The second-order valence-corrected chi connectivity index (χ2v) is 3.62. The Morgan fingerprint density at radius 1 is 1.44 bits per heavy atom. The number of carboxylic acids is 1. The third kappa shape index (κ3) is 1.84. The molecular formula is C13H13NO2. The lowest BCUT2D eigenvalue weighted by atomic mass is 10.1. The largest absolute Gasteiger partial charge is 0.478 e. The molecule has 1 N–H and O–H groups in total. The van der Waals surface area contributed by atoms with Gasteiger partial charge in [0, 0.05) is 18.3 Å². The van der Waals surface area contributed by atoms with Gasteiger partial charge in [0.15, 0.2) is 0 Å². The van der Waals surface area contributed by atoms with Crippen molar-refractivity contribution in [3.8, 4) is 0 Å². The molecule has 0 fully saturated rings. The Balaban J connectivity index is 2.51. The maximum atomic E-state index is 10.9. The molecule has 0 saturated carbocycles. The van der Waals surface area contributed by atoms with E-state index >= 15 is 0 Å². The van der Waals surface area contributed by atoms with Crippen LogP contribution in [0.2, 0.25) is 0 Å². The molecule has 1 aromatic carbocycles. The molecule has 0 bridgehead atoms. The van der Waals surface area contributed by atoms with Gasteiger partial charge in [0.05, 0.1) is 5.56 Å². The first-order valence-electron chi connectivity index (χ1n) is 5.15. The van der Waals surface area contributed by atoms with Crippen LogP contribution in [0.15, 0.2) is 42.6 Å². The lowest BCUT2D eigenvalue weighted by molar-refractivity contribution is 0.0697. The fourth-order valence-corrected chi connectivity index (χ4v) is 1.70. The minimum atomic E-state index is -0.888. The zero-order chi connectivity index (χ0) is 11.5. The van der Waals surface area contributed by atoms with Gasteiger partial charge in [0.25, 0.3) is 0 Å². The highest BCUT2D eigenvalue weighted by molar-refractivity contribution is 5.93. The van der Waals surface area contributed by atoms with Crippen molar-refractivity contribution in [1.82, 2.24) is 4.57 Å². The topological polar surface area (TPSA) is 42.2 Å². The molecule has 0 aliphatic rings. The summed E-state index contributed by atoms with van der Waals surface area (Å²) in [7, 11) is 0. The van der Waals surface area contributed by atoms with Crippen molar-refractivity contribution in [3.05, 3.63) is 48.2 Å². The van der Waals surface area contributed by atoms with Crippen LogP contribution >= 0.6 is 0 Å². The van der Waals surface area contributed by atoms with Gasteiger partial charge in [0.2, 0.25) is 0 Å². The van der Waals surface area contributed by atoms with Gasteiger partial charge in [-0.1, -0.05) is 18.2 Å². The van der Waals surface area contributed by atoms with E-state index in [0.29, 0.717) is 5.56 Å². The van der Waals surface area contributed by atoms with Crippen molar-refractivity contribution in [3.63, 3.8) is 0 Å². The summed E-state index contributed by atoms with van der Waals surface area (Å²) in [4.78, 5) is 10.9. The van der Waals surface area contributed by atoms with Gasteiger partial charge in [0.1, 0.15) is 0 Å². The number of fused-ring (bicyclic) bond motifs is 1. The number of rotatable bonds is 3. The van der Waals surface area contributed by atoms with Gasteiger partial charge in [-0.3, -0.25) is 0 Å². The second kappa shape index (κ2) is 4.23. The summed E-state index contributed by atoms with van der Waals surface area (Å²) in [6.45, 7) is 2.73. The molecular weight excluding hydrogens is 202 g/mol. The van der Waals surface area contributed by atoms with Crippen LogP contribution in [0.25, 0.3) is 10.9 Å². The Morgan fingerprint density at radius 3 is 2.94 bits per heavy atom. The third-order valence-electron chi connectivity index (χ3n) is 2.56. The van der Waals surface area contributed by atoms with Crippen LogP contribution in [0.1, 0.15) is 17.3 Å². The Hall–Kier alpha value is -2.03. The van der Waals surface area contributed by atoms with E-state index in [4.69, 9.17) is 5.11 Å². The van der Waals surface area contributed by atoms with Gasteiger partial charge in [-0.2, -0.15) is 0 Å². The predicted molar refractivity (Wildman–Crippen MR) is 63.7 cm³/mol. The number of nitrogens with zero attached hydrogens (tertiary/aromatic N) is 1. The normalized spacial score (nSPS) is 11.3. The van der Waals surface area contributed by atoms with E-state index in [-0.39, 0.29) is 0 Å². The monoisotopic (exact) mass is 215 g/mol. The van der Waals surface area contributed by atoms with Crippen LogP contribution in [0.4, 0.5) is 0 Å². The molecule has 3 heteroatoms. The van der Waals surface area contributed by atoms with E-state index in [0.717, 1.165) is 17.4 Å². The Kier molecular flexibility index (Phi) is 2.77. The first-order valence-corrected chi connectivity index (χ1v) is 5.15. The van der Waals surface area contributed by atoms with E-state index in [1.54, 1.807) is 12.1 Å². The summed E-state index contributed by atoms with van der Waals surface area (Å²) in [6.07, 6.45) is 5.98. The molecule has 16 heavy (non-hydrogen) atoms. The summed E-state index contributed by atoms with van der Waals surface area (Å²) in [5.41, 5.74) is 1.28. The number of aromatic carboxylic acids is 1. The number of benzene rings is 1. The van der Waals surface area contributed by atoms with Gasteiger partial charge in [-0.15, -0.1) is 0 Å².